The van der Waals surface area contributed by atoms with Crippen LogP contribution in [0, 0.1) is 0 Å². The number of carbonyl (C=O) groups excluding carboxylic acids is 1. The van der Waals surface area contributed by atoms with Crippen LogP contribution >= 0.6 is 0 Å². The molecular formula is C19H19N3O3. The third-order valence-corrected chi connectivity index (χ3v) is 3.61. The summed E-state index contributed by atoms with van der Waals surface area (Å²) in [4.78, 5) is 28.8. The van der Waals surface area contributed by atoms with E-state index >= 15 is 0 Å². The normalized spacial score (nSPS) is 10.8. The number of nitrogens with one attached hydrogen (secondary N) is 1. The quantitative estimate of drug-likeness (QED) is 0.776. The number of pyridine rings is 1. The number of amides is 1. The molecule has 3 rings (SSSR count). The summed E-state index contributed by atoms with van der Waals surface area (Å²) in [6.45, 7) is 4.24. The monoisotopic (exact) mass is 337 g/mol. The van der Waals surface area contributed by atoms with Crippen molar-refractivity contribution in [3.63, 3.8) is 0 Å². The second-order valence-corrected chi connectivity index (χ2v) is 5.90. The van der Waals surface area contributed by atoms with E-state index in [0.717, 1.165) is 11.3 Å². The Hall–Kier alpha value is -3.15. The molecule has 0 aliphatic heterocycles. The van der Waals surface area contributed by atoms with Crippen molar-refractivity contribution in [1.82, 2.24) is 14.7 Å². The maximum absolute atomic E-state index is 12.4. The van der Waals surface area contributed by atoms with E-state index in [1.165, 1.54) is 10.6 Å². The molecule has 0 spiro atoms. The van der Waals surface area contributed by atoms with Crippen LogP contribution in [-0.4, -0.2) is 21.4 Å². The maximum Gasteiger partial charge on any atom is 0.270 e. The van der Waals surface area contributed by atoms with Gasteiger partial charge in [-0.1, -0.05) is 18.2 Å². The Labute approximate surface area is 145 Å². The van der Waals surface area contributed by atoms with Gasteiger partial charge in [0, 0.05) is 18.9 Å². The third kappa shape index (κ3) is 3.85. The molecule has 1 aromatic carbocycles. The number of nitrogens with zero attached hydrogens (tertiary/aromatic N) is 2. The highest BCUT2D eigenvalue weighted by molar-refractivity contribution is 5.93. The van der Waals surface area contributed by atoms with Crippen molar-refractivity contribution in [2.75, 3.05) is 0 Å². The molecule has 0 atom stereocenters. The number of hydrogen-bond acceptors (Lipinski definition) is 4. The summed E-state index contributed by atoms with van der Waals surface area (Å²) in [5.41, 5.74) is 1.05. The van der Waals surface area contributed by atoms with Gasteiger partial charge in [0.1, 0.15) is 17.0 Å². The summed E-state index contributed by atoms with van der Waals surface area (Å²) in [7, 11) is 0. The van der Waals surface area contributed by atoms with Crippen molar-refractivity contribution < 1.29 is 9.53 Å². The molecule has 0 bridgehead atoms. The van der Waals surface area contributed by atoms with Crippen LogP contribution in [0.5, 0.6) is 5.75 Å². The molecular weight excluding hydrogens is 318 g/mol. The zero-order valence-corrected chi connectivity index (χ0v) is 14.1. The molecule has 2 aromatic heterocycles. The van der Waals surface area contributed by atoms with E-state index in [9.17, 15) is 9.59 Å². The van der Waals surface area contributed by atoms with Gasteiger partial charge < -0.3 is 10.1 Å². The molecule has 1 amide bonds. The molecule has 0 aliphatic carbocycles. The lowest BCUT2D eigenvalue weighted by Crippen LogP contribution is -2.31. The Kier molecular flexibility index (Phi) is 4.79. The van der Waals surface area contributed by atoms with Gasteiger partial charge in [-0.2, -0.15) is 0 Å². The van der Waals surface area contributed by atoms with E-state index in [-0.39, 0.29) is 17.2 Å². The first-order chi connectivity index (χ1) is 12.0. The Balaban J connectivity index is 1.70. The van der Waals surface area contributed by atoms with Crippen molar-refractivity contribution in [2.45, 2.75) is 26.5 Å². The van der Waals surface area contributed by atoms with Crippen molar-refractivity contribution >= 4 is 11.6 Å². The van der Waals surface area contributed by atoms with Crippen LogP contribution in [0.4, 0.5) is 0 Å². The lowest BCUT2D eigenvalue weighted by molar-refractivity contribution is 0.0949. The van der Waals surface area contributed by atoms with E-state index in [2.05, 4.69) is 10.3 Å². The van der Waals surface area contributed by atoms with Gasteiger partial charge in [0.2, 0.25) is 0 Å². The molecule has 0 unspecified atom stereocenters. The molecule has 25 heavy (non-hydrogen) atoms. The van der Waals surface area contributed by atoms with E-state index in [1.807, 2.05) is 38.1 Å². The first-order valence-corrected chi connectivity index (χ1v) is 8.05. The van der Waals surface area contributed by atoms with Gasteiger partial charge >= 0.3 is 0 Å². The van der Waals surface area contributed by atoms with Gasteiger partial charge in [-0.05, 0) is 43.7 Å². The van der Waals surface area contributed by atoms with Crippen LogP contribution in [0.1, 0.15) is 29.8 Å². The van der Waals surface area contributed by atoms with Gasteiger partial charge in [-0.3, -0.25) is 14.0 Å². The number of fused-ring (bicyclic) bond motifs is 1. The minimum Gasteiger partial charge on any atom is -0.491 e. The standard InChI is InChI=1S/C19H19N3O3/c1-13(2)25-15-8-6-14(7-9-15)11-21-18(23)16-12-20-17-5-3-4-10-22(17)19(16)24/h3-10,12-13H,11H2,1-2H3,(H,21,23). The molecule has 3 aromatic rings. The second kappa shape index (κ2) is 7.17. The topological polar surface area (TPSA) is 72.7 Å². The van der Waals surface area contributed by atoms with Gasteiger partial charge in [-0.25, -0.2) is 4.98 Å². The summed E-state index contributed by atoms with van der Waals surface area (Å²) >= 11 is 0. The molecule has 2 heterocycles. The van der Waals surface area contributed by atoms with Crippen LogP contribution in [-0.2, 0) is 6.54 Å². The second-order valence-electron chi connectivity index (χ2n) is 5.90. The largest absolute Gasteiger partial charge is 0.491 e. The van der Waals surface area contributed by atoms with E-state index < -0.39 is 5.91 Å². The molecule has 0 saturated carbocycles. The van der Waals surface area contributed by atoms with Crippen LogP contribution in [0.15, 0.2) is 59.7 Å². The van der Waals surface area contributed by atoms with Crippen molar-refractivity contribution in [1.29, 1.82) is 0 Å². The first-order valence-electron chi connectivity index (χ1n) is 8.05. The fourth-order valence-corrected chi connectivity index (χ4v) is 2.42. The SMILES string of the molecule is CC(C)Oc1ccc(CNC(=O)c2cnc3ccccn3c2=O)cc1. The molecule has 0 aliphatic rings. The number of ether oxygens (including phenoxy) is 1. The molecule has 0 saturated heterocycles. The highest BCUT2D eigenvalue weighted by Gasteiger charge is 2.12. The predicted octanol–water partition coefficient (Wildman–Crippen LogP) is 2.41. The summed E-state index contributed by atoms with van der Waals surface area (Å²) in [5, 5.41) is 2.75. The Morgan fingerprint density at radius 1 is 1.20 bits per heavy atom. The lowest BCUT2D eigenvalue weighted by atomic mass is 10.2. The predicted molar refractivity (Wildman–Crippen MR) is 94.8 cm³/mol. The Bertz CT molecular complexity index is 946. The smallest absolute Gasteiger partial charge is 0.270 e. The summed E-state index contributed by atoms with van der Waals surface area (Å²) in [5.74, 6) is 0.334. The molecule has 128 valence electrons. The van der Waals surface area contributed by atoms with Crippen LogP contribution in [0.3, 0.4) is 0 Å². The van der Waals surface area contributed by atoms with Gasteiger partial charge in [-0.15, -0.1) is 0 Å². The fourth-order valence-electron chi connectivity index (χ4n) is 2.42. The Morgan fingerprint density at radius 3 is 2.68 bits per heavy atom. The van der Waals surface area contributed by atoms with Crippen LogP contribution < -0.4 is 15.6 Å². The average Bonchev–Trinajstić information content (AvgIpc) is 2.61. The summed E-state index contributed by atoms with van der Waals surface area (Å²) < 4.78 is 6.94. The number of carbonyl (C=O) groups is 1. The Morgan fingerprint density at radius 2 is 1.96 bits per heavy atom. The van der Waals surface area contributed by atoms with Crippen LogP contribution in [0.25, 0.3) is 5.65 Å². The van der Waals surface area contributed by atoms with E-state index in [0.29, 0.717) is 12.2 Å². The average molecular weight is 337 g/mol. The number of rotatable bonds is 5. The van der Waals surface area contributed by atoms with E-state index in [4.69, 9.17) is 4.74 Å². The highest BCUT2D eigenvalue weighted by atomic mass is 16.5. The molecule has 0 radical (unpaired) electrons. The van der Waals surface area contributed by atoms with Gasteiger partial charge in [0.25, 0.3) is 11.5 Å². The number of benzene rings is 1. The van der Waals surface area contributed by atoms with Crippen molar-refractivity contribution in [3.8, 4) is 5.75 Å². The molecule has 1 N–H and O–H groups in total. The summed E-state index contributed by atoms with van der Waals surface area (Å²) in [6, 6.07) is 12.7. The van der Waals surface area contributed by atoms with E-state index in [1.54, 1.807) is 24.4 Å². The minimum atomic E-state index is -0.446. The van der Waals surface area contributed by atoms with Crippen molar-refractivity contribution in [2.24, 2.45) is 0 Å². The van der Waals surface area contributed by atoms with Gasteiger partial charge in [0.05, 0.1) is 6.10 Å². The van der Waals surface area contributed by atoms with Crippen molar-refractivity contribution in [3.05, 3.63) is 76.3 Å². The molecule has 6 nitrogen and oxygen atoms in total. The zero-order chi connectivity index (χ0) is 17.8. The number of aromatic nitrogens is 2. The highest BCUT2D eigenvalue weighted by Crippen LogP contribution is 2.13. The molecule has 0 fully saturated rings. The third-order valence-electron chi connectivity index (χ3n) is 3.61. The molecule has 6 heteroatoms. The number of hydrogen-bond donors (Lipinski definition) is 1. The lowest BCUT2D eigenvalue weighted by Gasteiger charge is -2.10. The minimum absolute atomic E-state index is 0.0171. The van der Waals surface area contributed by atoms with Gasteiger partial charge in [0.15, 0.2) is 0 Å². The zero-order valence-electron chi connectivity index (χ0n) is 14.1. The maximum atomic E-state index is 12.4. The fraction of sp³-hybridized carbons (Fsp3) is 0.211. The van der Waals surface area contributed by atoms with Crippen LogP contribution in [0.2, 0.25) is 0 Å². The first kappa shape index (κ1) is 16.7. The summed E-state index contributed by atoms with van der Waals surface area (Å²) in [6.07, 6.45) is 3.01.